The lowest BCUT2D eigenvalue weighted by atomic mass is 10.4. The Morgan fingerprint density at radius 1 is 1.05 bits per heavy atom. The van der Waals surface area contributed by atoms with Crippen molar-refractivity contribution in [3.63, 3.8) is 0 Å². The van der Waals surface area contributed by atoms with E-state index in [1.807, 2.05) is 0 Å². The molecule has 0 saturated heterocycles. The largest absolute Gasteiger partial charge is 0.505 e. The second kappa shape index (κ2) is 7.25. The minimum atomic E-state index is -1.10. The fourth-order valence-corrected chi connectivity index (χ4v) is 3.76. The summed E-state index contributed by atoms with van der Waals surface area (Å²) in [6, 6.07) is 0. The Bertz CT molecular complexity index is 691. The highest BCUT2D eigenvalue weighted by atomic mass is 79.9. The minimum Gasteiger partial charge on any atom is -0.505 e. The molecule has 2 heterocycles. The van der Waals surface area contributed by atoms with Gasteiger partial charge >= 0.3 is 11.9 Å². The van der Waals surface area contributed by atoms with Crippen LogP contribution in [0.2, 0.25) is 0 Å². The van der Waals surface area contributed by atoms with Gasteiger partial charge in [-0.1, -0.05) is 0 Å². The summed E-state index contributed by atoms with van der Waals surface area (Å²) in [5.74, 6) is -2.58. The van der Waals surface area contributed by atoms with E-state index in [4.69, 9.17) is 15.3 Å². The number of carbonyl (C=O) groups is 2. The molecule has 0 saturated carbocycles. The van der Waals surface area contributed by atoms with Crippen molar-refractivity contribution in [2.75, 3.05) is 0 Å². The van der Waals surface area contributed by atoms with Crippen LogP contribution in [-0.4, -0.2) is 32.4 Å². The van der Waals surface area contributed by atoms with E-state index in [1.165, 1.54) is 5.38 Å². The maximum atomic E-state index is 10.4. The zero-order valence-corrected chi connectivity index (χ0v) is 15.1. The summed E-state index contributed by atoms with van der Waals surface area (Å²) in [6.45, 7) is 1.74. The van der Waals surface area contributed by atoms with Crippen molar-refractivity contribution < 1.29 is 30.0 Å². The SMILES string of the molecule is Cc1sc(C(=O)O)c(O)c1Br.O=C(O)c1scc(Br)c1O. The van der Waals surface area contributed by atoms with Crippen LogP contribution in [0.15, 0.2) is 14.3 Å². The Hall–Kier alpha value is -1.10. The average Bonchev–Trinajstić information content (AvgIpc) is 2.86. The van der Waals surface area contributed by atoms with Gasteiger partial charge in [-0.15, -0.1) is 22.7 Å². The maximum Gasteiger partial charge on any atom is 0.349 e. The zero-order chi connectivity index (χ0) is 16.3. The lowest BCUT2D eigenvalue weighted by Gasteiger charge is -1.88. The summed E-state index contributed by atoms with van der Waals surface area (Å²) in [5, 5.41) is 36.6. The number of thiophene rings is 2. The van der Waals surface area contributed by atoms with Crippen molar-refractivity contribution >= 4 is 66.5 Å². The molecule has 0 atom stereocenters. The number of aromatic hydroxyl groups is 2. The van der Waals surface area contributed by atoms with E-state index in [-0.39, 0.29) is 21.3 Å². The summed E-state index contributed by atoms with van der Waals surface area (Å²) in [6.07, 6.45) is 0. The van der Waals surface area contributed by atoms with E-state index < -0.39 is 11.9 Å². The van der Waals surface area contributed by atoms with Crippen LogP contribution in [0, 0.1) is 6.92 Å². The smallest absolute Gasteiger partial charge is 0.349 e. The molecule has 0 amide bonds. The Morgan fingerprint density at radius 3 is 1.76 bits per heavy atom. The van der Waals surface area contributed by atoms with Gasteiger partial charge in [-0.25, -0.2) is 9.59 Å². The highest BCUT2D eigenvalue weighted by Gasteiger charge is 2.17. The first-order valence-electron chi connectivity index (χ1n) is 5.07. The van der Waals surface area contributed by atoms with Crippen LogP contribution in [0.25, 0.3) is 0 Å². The van der Waals surface area contributed by atoms with Crippen LogP contribution in [0.4, 0.5) is 0 Å². The normalized spacial score (nSPS) is 9.86. The van der Waals surface area contributed by atoms with E-state index in [2.05, 4.69) is 31.9 Å². The van der Waals surface area contributed by atoms with Gasteiger partial charge in [-0.2, -0.15) is 0 Å². The number of carboxylic acid groups (broad SMARTS) is 2. The van der Waals surface area contributed by atoms with E-state index in [1.54, 1.807) is 6.92 Å². The van der Waals surface area contributed by atoms with Gasteiger partial charge in [0.05, 0.1) is 8.95 Å². The van der Waals surface area contributed by atoms with Gasteiger partial charge in [-0.05, 0) is 38.8 Å². The first-order valence-corrected chi connectivity index (χ1v) is 8.35. The third-order valence-electron chi connectivity index (χ3n) is 2.10. The maximum absolute atomic E-state index is 10.4. The van der Waals surface area contributed by atoms with E-state index >= 15 is 0 Å². The summed E-state index contributed by atoms with van der Waals surface area (Å²) in [5.41, 5.74) is 0. The number of hydrogen-bond donors (Lipinski definition) is 4. The highest BCUT2D eigenvalue weighted by molar-refractivity contribution is 9.11. The summed E-state index contributed by atoms with van der Waals surface area (Å²) in [4.78, 5) is 21.4. The van der Waals surface area contributed by atoms with Gasteiger partial charge in [-0.3, -0.25) is 0 Å². The molecule has 114 valence electrons. The molecule has 0 fully saturated rings. The Labute approximate surface area is 143 Å². The molecular formula is C11H8Br2O6S2. The molecule has 0 radical (unpaired) electrons. The quantitative estimate of drug-likeness (QED) is 0.536. The first-order chi connectivity index (χ1) is 9.66. The molecule has 0 spiro atoms. The van der Waals surface area contributed by atoms with Crippen LogP contribution < -0.4 is 0 Å². The third-order valence-corrected chi connectivity index (χ3v) is 6.28. The van der Waals surface area contributed by atoms with E-state index in [0.717, 1.165) is 27.6 Å². The Balaban J connectivity index is 0.000000211. The lowest BCUT2D eigenvalue weighted by molar-refractivity contribution is 0.0688. The van der Waals surface area contributed by atoms with Crippen molar-refractivity contribution in [3.05, 3.63) is 29.0 Å². The molecular weight excluding hydrogens is 452 g/mol. The van der Waals surface area contributed by atoms with Gasteiger partial charge in [0.1, 0.15) is 0 Å². The molecule has 2 aromatic heterocycles. The topological polar surface area (TPSA) is 115 Å². The number of aromatic carboxylic acids is 2. The van der Waals surface area contributed by atoms with E-state index in [9.17, 15) is 14.7 Å². The number of carboxylic acids is 2. The number of aryl methyl sites for hydroxylation is 1. The van der Waals surface area contributed by atoms with Crippen molar-refractivity contribution in [1.82, 2.24) is 0 Å². The Kier molecular flexibility index (Phi) is 6.20. The van der Waals surface area contributed by atoms with Crippen LogP contribution in [-0.2, 0) is 0 Å². The second-order valence-electron chi connectivity index (χ2n) is 3.52. The molecule has 2 aromatic rings. The average molecular weight is 460 g/mol. The summed E-state index contributed by atoms with van der Waals surface area (Å²) in [7, 11) is 0. The van der Waals surface area contributed by atoms with Crippen molar-refractivity contribution in [3.8, 4) is 11.5 Å². The van der Waals surface area contributed by atoms with Gasteiger partial charge in [0.15, 0.2) is 21.3 Å². The minimum absolute atomic E-state index is 0.0191. The number of halogens is 2. The molecule has 10 heteroatoms. The molecule has 0 aromatic carbocycles. The fraction of sp³-hybridized carbons (Fsp3) is 0.0909. The second-order valence-corrected chi connectivity index (χ2v) is 7.27. The molecule has 6 nitrogen and oxygen atoms in total. The van der Waals surface area contributed by atoms with Crippen molar-refractivity contribution in [1.29, 1.82) is 0 Å². The predicted octanol–water partition coefficient (Wildman–Crippen LogP) is 4.14. The standard InChI is InChI=1S/C6H5BrO3S.C5H3BrO3S/c1-2-3(7)4(8)5(11-2)6(9)10;6-2-1-10-4(3(2)7)5(8)9/h8H,1H3,(H,9,10);1,7H,(H,8,9). The fourth-order valence-electron chi connectivity index (χ4n) is 1.14. The molecule has 0 aliphatic carbocycles. The molecule has 2 rings (SSSR count). The molecule has 21 heavy (non-hydrogen) atoms. The molecule has 0 bridgehead atoms. The summed E-state index contributed by atoms with van der Waals surface area (Å²) < 4.78 is 0.898. The Morgan fingerprint density at radius 2 is 1.57 bits per heavy atom. The van der Waals surface area contributed by atoms with Crippen LogP contribution in [0.5, 0.6) is 11.5 Å². The molecule has 0 unspecified atom stereocenters. The number of hydrogen-bond acceptors (Lipinski definition) is 6. The van der Waals surface area contributed by atoms with Crippen LogP contribution >= 0.6 is 54.5 Å². The summed E-state index contributed by atoms with van der Waals surface area (Å²) >= 11 is 8.09. The highest BCUT2D eigenvalue weighted by Crippen LogP contribution is 2.38. The van der Waals surface area contributed by atoms with Crippen molar-refractivity contribution in [2.24, 2.45) is 0 Å². The number of rotatable bonds is 2. The first kappa shape index (κ1) is 18.0. The van der Waals surface area contributed by atoms with Gasteiger partial charge < -0.3 is 20.4 Å². The van der Waals surface area contributed by atoms with Crippen LogP contribution in [0.1, 0.15) is 24.2 Å². The van der Waals surface area contributed by atoms with E-state index in [0.29, 0.717) is 8.95 Å². The molecule has 0 aliphatic heterocycles. The third kappa shape index (κ3) is 4.19. The predicted molar refractivity (Wildman–Crippen MR) is 86.0 cm³/mol. The molecule has 4 N–H and O–H groups in total. The van der Waals surface area contributed by atoms with Crippen molar-refractivity contribution in [2.45, 2.75) is 6.92 Å². The zero-order valence-electron chi connectivity index (χ0n) is 10.3. The van der Waals surface area contributed by atoms with Gasteiger partial charge in [0.25, 0.3) is 0 Å². The monoisotopic (exact) mass is 458 g/mol. The van der Waals surface area contributed by atoms with Gasteiger partial charge in [0.2, 0.25) is 0 Å². The van der Waals surface area contributed by atoms with Gasteiger partial charge in [0, 0.05) is 10.3 Å². The lowest BCUT2D eigenvalue weighted by Crippen LogP contribution is -1.90. The van der Waals surface area contributed by atoms with Crippen LogP contribution in [0.3, 0.4) is 0 Å². The molecule has 0 aliphatic rings.